The van der Waals surface area contributed by atoms with Crippen molar-refractivity contribution in [3.8, 4) is 5.75 Å². The van der Waals surface area contributed by atoms with Gasteiger partial charge in [0.05, 0.1) is 0 Å². The summed E-state index contributed by atoms with van der Waals surface area (Å²) in [4.78, 5) is 13.9. The molecule has 0 amide bonds. The summed E-state index contributed by atoms with van der Waals surface area (Å²) in [6.07, 6.45) is 3.72. The summed E-state index contributed by atoms with van der Waals surface area (Å²) in [6, 6.07) is 9.41. The zero-order valence-electron chi connectivity index (χ0n) is 10.2. The van der Waals surface area contributed by atoms with Gasteiger partial charge in [0.15, 0.2) is 5.76 Å². The average molecular weight is 231 g/mol. The van der Waals surface area contributed by atoms with Crippen LogP contribution < -0.4 is 4.74 Å². The molecule has 1 aliphatic rings. The van der Waals surface area contributed by atoms with Crippen LogP contribution in [0.15, 0.2) is 42.3 Å². The SMILES string of the molecule is CN(C)C=C(Oc1ccccc1)C(=O)C1CC1. The molecule has 0 N–H and O–H groups in total. The van der Waals surface area contributed by atoms with Crippen LogP contribution in [0.1, 0.15) is 12.8 Å². The summed E-state index contributed by atoms with van der Waals surface area (Å²) in [5.74, 6) is 1.42. The van der Waals surface area contributed by atoms with Gasteiger partial charge in [-0.3, -0.25) is 4.79 Å². The first-order valence-corrected chi connectivity index (χ1v) is 5.82. The second-order valence-corrected chi connectivity index (χ2v) is 4.51. The lowest BCUT2D eigenvalue weighted by molar-refractivity contribution is -0.118. The van der Waals surface area contributed by atoms with Gasteiger partial charge < -0.3 is 9.64 Å². The lowest BCUT2D eigenvalue weighted by atomic mass is 10.2. The van der Waals surface area contributed by atoms with Gasteiger partial charge in [0.25, 0.3) is 0 Å². The number of Topliss-reactive ketones (excluding diaryl/α,β-unsaturated/α-hetero) is 1. The van der Waals surface area contributed by atoms with E-state index in [-0.39, 0.29) is 11.7 Å². The number of nitrogens with zero attached hydrogens (tertiary/aromatic N) is 1. The fourth-order valence-corrected chi connectivity index (χ4v) is 1.54. The van der Waals surface area contributed by atoms with Crippen molar-refractivity contribution >= 4 is 5.78 Å². The standard InChI is InChI=1S/C14H17NO2/c1-15(2)10-13(14(16)11-8-9-11)17-12-6-4-3-5-7-12/h3-7,10-11H,8-9H2,1-2H3. The van der Waals surface area contributed by atoms with E-state index in [9.17, 15) is 4.79 Å². The van der Waals surface area contributed by atoms with Crippen molar-refractivity contribution in [3.63, 3.8) is 0 Å². The zero-order valence-corrected chi connectivity index (χ0v) is 10.2. The normalized spacial score (nSPS) is 15.5. The highest BCUT2D eigenvalue weighted by Gasteiger charge is 2.33. The Labute approximate surface area is 102 Å². The molecule has 0 saturated heterocycles. The molecule has 17 heavy (non-hydrogen) atoms. The molecular weight excluding hydrogens is 214 g/mol. The summed E-state index contributed by atoms with van der Waals surface area (Å²) in [7, 11) is 3.77. The molecule has 0 radical (unpaired) electrons. The Morgan fingerprint density at radius 2 is 1.94 bits per heavy atom. The predicted octanol–water partition coefficient (Wildman–Crippen LogP) is 2.45. The number of carbonyl (C=O) groups is 1. The smallest absolute Gasteiger partial charge is 0.202 e. The minimum absolute atomic E-state index is 0.113. The third-order valence-electron chi connectivity index (χ3n) is 2.54. The average Bonchev–Trinajstić information content (AvgIpc) is 3.12. The van der Waals surface area contributed by atoms with Crippen LogP contribution in [0.4, 0.5) is 0 Å². The van der Waals surface area contributed by atoms with Gasteiger partial charge >= 0.3 is 0 Å². The van der Waals surface area contributed by atoms with E-state index in [0.717, 1.165) is 12.8 Å². The van der Waals surface area contributed by atoms with Crippen molar-refractivity contribution in [1.29, 1.82) is 0 Å². The van der Waals surface area contributed by atoms with Gasteiger partial charge in [0.1, 0.15) is 5.75 Å². The van der Waals surface area contributed by atoms with E-state index in [1.165, 1.54) is 0 Å². The Kier molecular flexibility index (Phi) is 3.47. The van der Waals surface area contributed by atoms with E-state index in [0.29, 0.717) is 11.5 Å². The van der Waals surface area contributed by atoms with Crippen molar-refractivity contribution in [3.05, 3.63) is 42.3 Å². The Bertz CT molecular complexity index is 419. The van der Waals surface area contributed by atoms with E-state index in [1.54, 1.807) is 6.20 Å². The molecule has 0 heterocycles. The number of ketones is 1. The molecule has 0 atom stereocenters. The maximum Gasteiger partial charge on any atom is 0.202 e. The van der Waals surface area contributed by atoms with Crippen LogP contribution in [0.2, 0.25) is 0 Å². The topological polar surface area (TPSA) is 29.5 Å². The summed E-state index contributed by atoms with van der Waals surface area (Å²) in [6.45, 7) is 0. The fraction of sp³-hybridized carbons (Fsp3) is 0.357. The molecule has 0 unspecified atom stereocenters. The molecule has 1 saturated carbocycles. The van der Waals surface area contributed by atoms with Crippen LogP contribution in [-0.2, 0) is 4.79 Å². The molecule has 0 aromatic heterocycles. The monoisotopic (exact) mass is 231 g/mol. The van der Waals surface area contributed by atoms with E-state index >= 15 is 0 Å². The summed E-state index contributed by atoms with van der Waals surface area (Å²) >= 11 is 0. The Morgan fingerprint density at radius 1 is 1.29 bits per heavy atom. The molecule has 1 aromatic carbocycles. The first kappa shape index (κ1) is 11.7. The molecule has 3 heteroatoms. The zero-order chi connectivity index (χ0) is 12.3. The number of hydrogen-bond acceptors (Lipinski definition) is 3. The highest BCUT2D eigenvalue weighted by Crippen LogP contribution is 2.33. The largest absolute Gasteiger partial charge is 0.452 e. The second-order valence-electron chi connectivity index (χ2n) is 4.51. The third-order valence-corrected chi connectivity index (χ3v) is 2.54. The van der Waals surface area contributed by atoms with E-state index in [4.69, 9.17) is 4.74 Å². The van der Waals surface area contributed by atoms with Crippen LogP contribution in [-0.4, -0.2) is 24.8 Å². The molecule has 2 rings (SSSR count). The van der Waals surface area contributed by atoms with Crippen LogP contribution in [0, 0.1) is 5.92 Å². The van der Waals surface area contributed by atoms with Crippen LogP contribution >= 0.6 is 0 Å². The number of rotatable bonds is 5. The van der Waals surface area contributed by atoms with E-state index in [1.807, 2.05) is 49.3 Å². The van der Waals surface area contributed by atoms with Gasteiger partial charge in [0, 0.05) is 26.2 Å². The molecule has 90 valence electrons. The predicted molar refractivity (Wildman–Crippen MR) is 66.6 cm³/mol. The Hall–Kier alpha value is -1.77. The fourth-order valence-electron chi connectivity index (χ4n) is 1.54. The number of benzene rings is 1. The van der Waals surface area contributed by atoms with Crippen molar-refractivity contribution in [1.82, 2.24) is 4.90 Å². The number of ether oxygens (including phenoxy) is 1. The first-order chi connectivity index (χ1) is 8.16. The van der Waals surface area contributed by atoms with Gasteiger partial charge in [-0.15, -0.1) is 0 Å². The molecule has 0 spiro atoms. The number of para-hydroxylation sites is 1. The van der Waals surface area contributed by atoms with Crippen LogP contribution in [0.3, 0.4) is 0 Å². The first-order valence-electron chi connectivity index (χ1n) is 5.82. The Morgan fingerprint density at radius 3 is 2.47 bits per heavy atom. The summed E-state index contributed by atoms with van der Waals surface area (Å²) in [5.41, 5.74) is 0. The number of hydrogen-bond donors (Lipinski definition) is 0. The minimum atomic E-state index is 0.113. The summed E-state index contributed by atoms with van der Waals surface area (Å²) < 4.78 is 5.66. The highest BCUT2D eigenvalue weighted by atomic mass is 16.5. The van der Waals surface area contributed by atoms with Crippen molar-refractivity contribution in [2.24, 2.45) is 5.92 Å². The minimum Gasteiger partial charge on any atom is -0.452 e. The molecule has 1 aliphatic carbocycles. The lowest BCUT2D eigenvalue weighted by Gasteiger charge is -2.12. The van der Waals surface area contributed by atoms with Gasteiger partial charge in [-0.1, -0.05) is 18.2 Å². The Balaban J connectivity index is 2.13. The van der Waals surface area contributed by atoms with Crippen molar-refractivity contribution in [2.45, 2.75) is 12.8 Å². The van der Waals surface area contributed by atoms with Crippen LogP contribution in [0.5, 0.6) is 5.75 Å². The number of allylic oxidation sites excluding steroid dienone is 1. The van der Waals surface area contributed by atoms with Crippen LogP contribution in [0.25, 0.3) is 0 Å². The van der Waals surface area contributed by atoms with E-state index < -0.39 is 0 Å². The van der Waals surface area contributed by atoms with E-state index in [2.05, 4.69) is 0 Å². The van der Waals surface area contributed by atoms with Gasteiger partial charge in [0.2, 0.25) is 5.78 Å². The van der Waals surface area contributed by atoms with Crippen molar-refractivity contribution in [2.75, 3.05) is 14.1 Å². The number of carbonyl (C=O) groups excluding carboxylic acids is 1. The molecular formula is C14H17NO2. The molecule has 0 bridgehead atoms. The van der Waals surface area contributed by atoms with Gasteiger partial charge in [-0.25, -0.2) is 0 Å². The molecule has 0 aliphatic heterocycles. The maximum absolute atomic E-state index is 12.0. The van der Waals surface area contributed by atoms with Gasteiger partial charge in [-0.05, 0) is 25.0 Å². The highest BCUT2D eigenvalue weighted by molar-refractivity contribution is 5.97. The maximum atomic E-state index is 12.0. The lowest BCUT2D eigenvalue weighted by Crippen LogP contribution is -2.15. The molecule has 1 fully saturated rings. The molecule has 1 aromatic rings. The second kappa shape index (κ2) is 5.04. The van der Waals surface area contributed by atoms with Crippen molar-refractivity contribution < 1.29 is 9.53 Å². The third kappa shape index (κ3) is 3.34. The quantitative estimate of drug-likeness (QED) is 0.576. The molecule has 3 nitrogen and oxygen atoms in total. The van der Waals surface area contributed by atoms with Gasteiger partial charge in [-0.2, -0.15) is 0 Å². The summed E-state index contributed by atoms with van der Waals surface area (Å²) in [5, 5.41) is 0.